The molecule has 2 rings (SSSR count). The molecule has 0 aliphatic heterocycles. The first-order valence-electron chi connectivity index (χ1n) is 4.67. The summed E-state index contributed by atoms with van der Waals surface area (Å²) in [6.07, 6.45) is 0. The lowest BCUT2D eigenvalue weighted by atomic mass is 10.1. The number of halogens is 1. The molecule has 0 saturated carbocycles. The van der Waals surface area contributed by atoms with Gasteiger partial charge < -0.3 is 5.11 Å². The van der Waals surface area contributed by atoms with E-state index in [9.17, 15) is 4.79 Å². The fourth-order valence-electron chi connectivity index (χ4n) is 1.42. The summed E-state index contributed by atoms with van der Waals surface area (Å²) in [5.41, 5.74) is 2.89. The molecular weight excluding hydrogens is 244 g/mol. The van der Waals surface area contributed by atoms with Crippen LogP contribution >= 0.6 is 22.9 Å². The maximum atomic E-state index is 10.8. The van der Waals surface area contributed by atoms with Crippen LogP contribution in [0.3, 0.4) is 0 Å². The maximum absolute atomic E-state index is 10.8. The van der Waals surface area contributed by atoms with Gasteiger partial charge in [-0.25, -0.2) is 4.79 Å². The highest BCUT2D eigenvalue weighted by Gasteiger charge is 2.16. The molecule has 0 aliphatic carbocycles. The molecule has 0 aliphatic rings. The largest absolute Gasteiger partial charge is 0.477 e. The van der Waals surface area contributed by atoms with Crippen LogP contribution in [-0.4, -0.2) is 11.1 Å². The molecule has 0 saturated heterocycles. The molecule has 1 aromatic carbocycles. The minimum absolute atomic E-state index is 0.192. The summed E-state index contributed by atoms with van der Waals surface area (Å²) in [7, 11) is 0. The minimum atomic E-state index is -0.978. The predicted molar refractivity (Wildman–Crippen MR) is 66.5 cm³/mol. The van der Waals surface area contributed by atoms with Crippen molar-refractivity contribution in [2.75, 3.05) is 0 Å². The lowest BCUT2D eigenvalue weighted by molar-refractivity contribution is 0.0702. The Balaban J connectivity index is 2.49. The van der Waals surface area contributed by atoms with Crippen LogP contribution in [0.1, 0.15) is 15.2 Å². The van der Waals surface area contributed by atoms with Gasteiger partial charge in [0.1, 0.15) is 4.88 Å². The van der Waals surface area contributed by atoms with E-state index in [0.717, 1.165) is 28.0 Å². The van der Waals surface area contributed by atoms with Crippen LogP contribution in [0.4, 0.5) is 0 Å². The van der Waals surface area contributed by atoms with E-state index in [4.69, 9.17) is 16.7 Å². The molecule has 0 fully saturated rings. The number of rotatable bonds is 2. The first-order chi connectivity index (χ1) is 7.59. The van der Waals surface area contributed by atoms with Crippen molar-refractivity contribution in [3.05, 3.63) is 45.1 Å². The number of hydrogen-bond donors (Lipinski definition) is 1. The van der Waals surface area contributed by atoms with Crippen LogP contribution in [0.25, 0.3) is 11.1 Å². The van der Waals surface area contributed by atoms with Crippen molar-refractivity contribution in [2.45, 2.75) is 6.92 Å². The highest BCUT2D eigenvalue weighted by atomic mass is 35.5. The Bertz CT molecular complexity index is 528. The third-order valence-corrected chi connectivity index (χ3v) is 3.76. The van der Waals surface area contributed by atoms with E-state index in [-0.39, 0.29) is 4.88 Å². The molecular formula is C12H9ClO2S. The zero-order chi connectivity index (χ0) is 11.7. The molecule has 0 unspecified atom stereocenters. The van der Waals surface area contributed by atoms with Crippen molar-refractivity contribution in [3.63, 3.8) is 0 Å². The average molecular weight is 253 g/mol. The highest BCUT2D eigenvalue weighted by Crippen LogP contribution is 2.35. The van der Waals surface area contributed by atoms with Crippen molar-refractivity contribution in [2.24, 2.45) is 0 Å². The van der Waals surface area contributed by atoms with Gasteiger partial charge >= 0.3 is 5.97 Å². The lowest BCUT2D eigenvalue weighted by Gasteiger charge is -2.00. The Morgan fingerprint density at radius 1 is 1.31 bits per heavy atom. The van der Waals surface area contributed by atoms with Gasteiger partial charge in [0.2, 0.25) is 0 Å². The molecule has 1 heterocycles. The van der Waals surface area contributed by atoms with E-state index in [1.165, 1.54) is 0 Å². The molecule has 4 heteroatoms. The second kappa shape index (κ2) is 4.28. The molecule has 2 nitrogen and oxygen atoms in total. The van der Waals surface area contributed by atoms with Gasteiger partial charge in [-0.05, 0) is 12.5 Å². The molecule has 82 valence electrons. The number of aromatic carboxylic acids is 1. The molecule has 0 radical (unpaired) electrons. The van der Waals surface area contributed by atoms with E-state index in [1.807, 2.05) is 31.2 Å². The van der Waals surface area contributed by atoms with Gasteiger partial charge in [-0.1, -0.05) is 41.4 Å². The molecule has 2 aromatic rings. The Labute approximate surface area is 102 Å². The standard InChI is InChI=1S/C12H9ClO2S/c1-7-2-4-8(5-3-7)9-6-16-11(10(9)13)12(14)15/h2-6H,1H3,(H,14,15). The monoisotopic (exact) mass is 252 g/mol. The summed E-state index contributed by atoms with van der Waals surface area (Å²) in [4.78, 5) is 11.0. The second-order valence-electron chi connectivity index (χ2n) is 3.46. The first-order valence-corrected chi connectivity index (χ1v) is 5.92. The van der Waals surface area contributed by atoms with E-state index in [1.54, 1.807) is 5.38 Å². The molecule has 0 atom stereocenters. The summed E-state index contributed by atoms with van der Waals surface area (Å²) < 4.78 is 0. The molecule has 1 N–H and O–H groups in total. The number of carboxylic acids is 1. The Hall–Kier alpha value is -1.32. The number of carboxylic acid groups (broad SMARTS) is 1. The molecule has 0 amide bonds. The van der Waals surface area contributed by atoms with Crippen molar-refractivity contribution < 1.29 is 9.90 Å². The molecule has 0 spiro atoms. The van der Waals surface area contributed by atoms with E-state index in [0.29, 0.717) is 5.02 Å². The number of benzene rings is 1. The maximum Gasteiger partial charge on any atom is 0.347 e. The van der Waals surface area contributed by atoms with Crippen molar-refractivity contribution >= 4 is 28.9 Å². The number of carbonyl (C=O) groups is 1. The fraction of sp³-hybridized carbons (Fsp3) is 0.0833. The topological polar surface area (TPSA) is 37.3 Å². The van der Waals surface area contributed by atoms with Gasteiger partial charge in [0.05, 0.1) is 5.02 Å². The molecule has 1 aromatic heterocycles. The Morgan fingerprint density at radius 2 is 1.94 bits per heavy atom. The van der Waals surface area contributed by atoms with E-state index >= 15 is 0 Å². The van der Waals surface area contributed by atoms with Crippen molar-refractivity contribution in [3.8, 4) is 11.1 Å². The smallest absolute Gasteiger partial charge is 0.347 e. The molecule has 16 heavy (non-hydrogen) atoms. The van der Waals surface area contributed by atoms with Crippen LogP contribution in [0.15, 0.2) is 29.6 Å². The molecule has 0 bridgehead atoms. The van der Waals surface area contributed by atoms with Crippen molar-refractivity contribution in [1.82, 2.24) is 0 Å². The quantitative estimate of drug-likeness (QED) is 0.875. The second-order valence-corrected chi connectivity index (χ2v) is 4.72. The summed E-state index contributed by atoms with van der Waals surface area (Å²) in [6, 6.07) is 7.83. The summed E-state index contributed by atoms with van der Waals surface area (Å²) in [5.74, 6) is -0.978. The number of hydrogen-bond acceptors (Lipinski definition) is 2. The van der Waals surface area contributed by atoms with Gasteiger partial charge in [0.15, 0.2) is 0 Å². The van der Waals surface area contributed by atoms with E-state index < -0.39 is 5.97 Å². The van der Waals surface area contributed by atoms with Gasteiger partial charge in [0.25, 0.3) is 0 Å². The zero-order valence-corrected chi connectivity index (χ0v) is 10.1. The summed E-state index contributed by atoms with van der Waals surface area (Å²) >= 11 is 7.18. The van der Waals surface area contributed by atoms with Gasteiger partial charge in [-0.3, -0.25) is 0 Å². The third-order valence-electron chi connectivity index (χ3n) is 2.29. The SMILES string of the molecule is Cc1ccc(-c2csc(C(=O)O)c2Cl)cc1. The normalized spacial score (nSPS) is 10.4. The summed E-state index contributed by atoms with van der Waals surface area (Å²) in [5, 5.41) is 11.0. The Morgan fingerprint density at radius 3 is 2.44 bits per heavy atom. The van der Waals surface area contributed by atoms with Crippen LogP contribution in [0.5, 0.6) is 0 Å². The van der Waals surface area contributed by atoms with Crippen LogP contribution < -0.4 is 0 Å². The van der Waals surface area contributed by atoms with Crippen molar-refractivity contribution in [1.29, 1.82) is 0 Å². The van der Waals surface area contributed by atoms with Gasteiger partial charge in [-0.15, -0.1) is 11.3 Å². The van der Waals surface area contributed by atoms with Crippen LogP contribution in [-0.2, 0) is 0 Å². The highest BCUT2D eigenvalue weighted by molar-refractivity contribution is 7.13. The number of thiophene rings is 1. The van der Waals surface area contributed by atoms with Gasteiger partial charge in [0, 0.05) is 10.9 Å². The van der Waals surface area contributed by atoms with E-state index in [2.05, 4.69) is 0 Å². The minimum Gasteiger partial charge on any atom is -0.477 e. The third kappa shape index (κ3) is 1.96. The average Bonchev–Trinajstić information content (AvgIpc) is 2.61. The van der Waals surface area contributed by atoms with Gasteiger partial charge in [-0.2, -0.15) is 0 Å². The summed E-state index contributed by atoms with van der Waals surface area (Å²) in [6.45, 7) is 2.00. The lowest BCUT2D eigenvalue weighted by Crippen LogP contribution is -1.92. The number of aryl methyl sites for hydroxylation is 1. The Kier molecular flexibility index (Phi) is 2.99. The zero-order valence-electron chi connectivity index (χ0n) is 8.53. The van der Waals surface area contributed by atoms with Crippen LogP contribution in [0, 0.1) is 6.92 Å². The van der Waals surface area contributed by atoms with Crippen LogP contribution in [0.2, 0.25) is 5.02 Å². The fourth-order valence-corrected chi connectivity index (χ4v) is 2.66. The predicted octanol–water partition coefficient (Wildman–Crippen LogP) is 4.08. The first kappa shape index (κ1) is 11.2.